The predicted octanol–water partition coefficient (Wildman–Crippen LogP) is 5.73. The summed E-state index contributed by atoms with van der Waals surface area (Å²) in [4.78, 5) is 17.4. The van der Waals surface area contributed by atoms with E-state index < -0.39 is 0 Å². The van der Waals surface area contributed by atoms with Crippen LogP contribution in [0.2, 0.25) is 0 Å². The molecule has 3 aromatic rings. The summed E-state index contributed by atoms with van der Waals surface area (Å²) in [5, 5.41) is 6.11. The molecule has 1 aliphatic rings. The van der Waals surface area contributed by atoms with Gasteiger partial charge in [-0.15, -0.1) is 37.2 Å². The lowest BCUT2D eigenvalue weighted by molar-refractivity contribution is -0.116. The van der Waals surface area contributed by atoms with Crippen molar-refractivity contribution in [2.24, 2.45) is 0 Å². The number of nitrogens with one attached hydrogen (secondary N) is 2. The summed E-state index contributed by atoms with van der Waals surface area (Å²) in [5.41, 5.74) is 4.48. The topological polar surface area (TPSA) is 47.6 Å². The lowest BCUT2D eigenvalue weighted by Crippen LogP contribution is -2.48. The molecule has 35 heavy (non-hydrogen) atoms. The van der Waals surface area contributed by atoms with Crippen molar-refractivity contribution in [3.63, 3.8) is 0 Å². The van der Waals surface area contributed by atoms with E-state index in [-0.39, 0.29) is 49.2 Å². The Bertz CT molecular complexity index is 960. The third-order valence-electron chi connectivity index (χ3n) is 6.09. The minimum Gasteiger partial charge on any atom is -0.388 e. The fourth-order valence-corrected chi connectivity index (χ4v) is 4.37. The highest BCUT2D eigenvalue weighted by molar-refractivity contribution is 5.91. The van der Waals surface area contributed by atoms with Crippen LogP contribution in [0.15, 0.2) is 84.9 Å². The third kappa shape index (κ3) is 8.71. The quantitative estimate of drug-likeness (QED) is 0.385. The number of rotatable bonds is 8. The molecule has 1 aliphatic heterocycles. The van der Waals surface area contributed by atoms with E-state index in [1.54, 1.807) is 0 Å². The van der Waals surface area contributed by atoms with E-state index in [1.165, 1.54) is 11.1 Å². The molecular weight excluding hydrogens is 503 g/mol. The monoisotopic (exact) mass is 536 g/mol. The number of carbonyl (C=O) groups is 1. The van der Waals surface area contributed by atoms with Gasteiger partial charge in [-0.25, -0.2) is 0 Å². The second kappa shape index (κ2) is 15.7. The van der Waals surface area contributed by atoms with E-state index in [4.69, 9.17) is 0 Å². The lowest BCUT2D eigenvalue weighted by Gasteiger charge is -2.39. The summed E-state index contributed by atoms with van der Waals surface area (Å²) in [5.74, 6) is 0.0622. The van der Waals surface area contributed by atoms with Gasteiger partial charge in [0, 0.05) is 57.6 Å². The van der Waals surface area contributed by atoms with Crippen LogP contribution in [0, 0.1) is 0 Å². The van der Waals surface area contributed by atoms with Crippen molar-refractivity contribution in [2.45, 2.75) is 12.5 Å². The van der Waals surface area contributed by atoms with E-state index in [2.05, 4.69) is 81.1 Å². The molecule has 8 heteroatoms. The fraction of sp³-hybridized carbons (Fsp3) is 0.296. The van der Waals surface area contributed by atoms with Crippen molar-refractivity contribution < 1.29 is 4.79 Å². The Labute approximate surface area is 227 Å². The van der Waals surface area contributed by atoms with Gasteiger partial charge in [-0.3, -0.25) is 9.69 Å². The Morgan fingerprint density at radius 2 is 1.31 bits per heavy atom. The lowest BCUT2D eigenvalue weighted by atomic mass is 9.96. The zero-order valence-corrected chi connectivity index (χ0v) is 22.4. The molecule has 0 unspecified atom stereocenters. The molecule has 0 aromatic heterocycles. The maximum absolute atomic E-state index is 12.4. The van der Waals surface area contributed by atoms with Crippen LogP contribution in [0.5, 0.6) is 0 Å². The van der Waals surface area contributed by atoms with Crippen molar-refractivity contribution in [3.05, 3.63) is 96.1 Å². The Morgan fingerprint density at radius 1 is 0.771 bits per heavy atom. The SMILES string of the molecule is CNc1cccc(NC(=O)CCN2CCN(C(c3ccccc3)c3ccccc3)CC2)c1.Cl.Cl.Cl. The molecule has 0 aliphatic carbocycles. The van der Waals surface area contributed by atoms with Gasteiger partial charge < -0.3 is 15.5 Å². The first-order valence-corrected chi connectivity index (χ1v) is 11.4. The number of hydrogen-bond acceptors (Lipinski definition) is 4. The van der Waals surface area contributed by atoms with Crippen molar-refractivity contribution in [1.29, 1.82) is 0 Å². The Morgan fingerprint density at radius 3 is 1.86 bits per heavy atom. The highest BCUT2D eigenvalue weighted by Crippen LogP contribution is 2.29. The number of carbonyl (C=O) groups excluding carboxylic acids is 1. The molecule has 4 rings (SSSR count). The largest absolute Gasteiger partial charge is 0.388 e. The van der Waals surface area contributed by atoms with Crippen LogP contribution < -0.4 is 10.6 Å². The number of amides is 1. The maximum Gasteiger partial charge on any atom is 0.225 e. The van der Waals surface area contributed by atoms with Crippen molar-refractivity contribution in [1.82, 2.24) is 9.80 Å². The first-order valence-electron chi connectivity index (χ1n) is 11.4. The van der Waals surface area contributed by atoms with Gasteiger partial charge in [0.2, 0.25) is 5.91 Å². The highest BCUT2D eigenvalue weighted by Gasteiger charge is 2.26. The van der Waals surface area contributed by atoms with Crippen LogP contribution in [-0.4, -0.2) is 55.5 Å². The number of piperazine rings is 1. The average Bonchev–Trinajstić information content (AvgIpc) is 2.85. The number of halogens is 3. The van der Waals surface area contributed by atoms with E-state index >= 15 is 0 Å². The molecule has 1 amide bonds. The summed E-state index contributed by atoms with van der Waals surface area (Å²) in [6.07, 6.45) is 0.505. The van der Waals surface area contributed by atoms with Gasteiger partial charge in [0.25, 0.3) is 0 Å². The van der Waals surface area contributed by atoms with Crippen LogP contribution in [0.1, 0.15) is 23.6 Å². The average molecular weight is 538 g/mol. The molecule has 2 N–H and O–H groups in total. The van der Waals surface area contributed by atoms with E-state index in [9.17, 15) is 4.79 Å². The number of nitrogens with zero attached hydrogens (tertiary/aromatic N) is 2. The molecule has 0 atom stereocenters. The molecular formula is C27H35Cl3N4O. The third-order valence-corrected chi connectivity index (χ3v) is 6.09. The Balaban J connectivity index is 0.00000204. The molecule has 0 saturated carbocycles. The van der Waals surface area contributed by atoms with Crippen LogP contribution in [-0.2, 0) is 4.79 Å². The molecule has 1 fully saturated rings. The Kier molecular flexibility index (Phi) is 13.8. The first-order chi connectivity index (χ1) is 15.7. The van der Waals surface area contributed by atoms with Gasteiger partial charge >= 0.3 is 0 Å². The van der Waals surface area contributed by atoms with Gasteiger partial charge in [0.1, 0.15) is 0 Å². The van der Waals surface area contributed by atoms with Gasteiger partial charge in [-0.2, -0.15) is 0 Å². The van der Waals surface area contributed by atoms with Crippen LogP contribution in [0.3, 0.4) is 0 Å². The first kappa shape index (κ1) is 30.8. The second-order valence-corrected chi connectivity index (χ2v) is 8.23. The molecule has 3 aromatic carbocycles. The van der Waals surface area contributed by atoms with Crippen LogP contribution in [0.25, 0.3) is 0 Å². The summed E-state index contributed by atoms with van der Waals surface area (Å²) in [7, 11) is 1.88. The normalized spacial score (nSPS) is 13.7. The summed E-state index contributed by atoms with van der Waals surface area (Å²) < 4.78 is 0. The van der Waals surface area contributed by atoms with E-state index in [1.807, 2.05) is 31.3 Å². The number of hydrogen-bond donors (Lipinski definition) is 2. The minimum atomic E-state index is 0. The van der Waals surface area contributed by atoms with Crippen LogP contribution >= 0.6 is 37.2 Å². The molecule has 1 saturated heterocycles. The van der Waals surface area contributed by atoms with Crippen molar-refractivity contribution >= 4 is 54.5 Å². The van der Waals surface area contributed by atoms with Crippen molar-refractivity contribution in [2.75, 3.05) is 50.4 Å². The molecule has 0 spiro atoms. The number of benzene rings is 3. The smallest absolute Gasteiger partial charge is 0.225 e. The Hall–Kier alpha value is -2.28. The predicted molar refractivity (Wildman–Crippen MR) is 154 cm³/mol. The number of anilines is 2. The molecule has 1 heterocycles. The van der Waals surface area contributed by atoms with E-state index in [0.29, 0.717) is 6.42 Å². The van der Waals surface area contributed by atoms with Crippen LogP contribution in [0.4, 0.5) is 11.4 Å². The molecule has 0 bridgehead atoms. The zero-order valence-electron chi connectivity index (χ0n) is 19.9. The van der Waals surface area contributed by atoms with Gasteiger partial charge in [0.05, 0.1) is 6.04 Å². The van der Waals surface area contributed by atoms with Gasteiger partial charge in [-0.05, 0) is 29.3 Å². The van der Waals surface area contributed by atoms with Gasteiger partial charge in [0.15, 0.2) is 0 Å². The maximum atomic E-state index is 12.4. The standard InChI is InChI=1S/C27H32N4O.3ClH/c1-28-24-13-8-14-25(21-24)29-26(32)15-16-30-17-19-31(20-18-30)27(22-9-4-2-5-10-22)23-11-6-3-7-12-23;;;/h2-14,21,27-28H,15-20H2,1H3,(H,29,32);3*1H. The molecule has 5 nitrogen and oxygen atoms in total. The second-order valence-electron chi connectivity index (χ2n) is 8.23. The van der Waals surface area contributed by atoms with Crippen molar-refractivity contribution in [3.8, 4) is 0 Å². The summed E-state index contributed by atoms with van der Waals surface area (Å²) in [6, 6.07) is 29.6. The molecule has 0 radical (unpaired) electrons. The summed E-state index contributed by atoms with van der Waals surface area (Å²) in [6.45, 7) is 4.70. The molecule has 190 valence electrons. The highest BCUT2D eigenvalue weighted by atomic mass is 35.5. The fourth-order valence-electron chi connectivity index (χ4n) is 4.37. The van der Waals surface area contributed by atoms with E-state index in [0.717, 1.165) is 44.1 Å². The van der Waals surface area contributed by atoms with Gasteiger partial charge in [-0.1, -0.05) is 66.7 Å². The summed E-state index contributed by atoms with van der Waals surface area (Å²) >= 11 is 0. The zero-order chi connectivity index (χ0) is 22.2. The minimum absolute atomic E-state index is 0.